The van der Waals surface area contributed by atoms with Crippen LogP contribution in [0.15, 0.2) is 22.6 Å². The van der Waals surface area contributed by atoms with Gasteiger partial charge in [0.15, 0.2) is 11.5 Å². The van der Waals surface area contributed by atoms with Gasteiger partial charge in [-0.2, -0.15) is 0 Å². The number of carbonyl (C=O) groups excluding carboxylic acids is 1. The molecule has 1 aliphatic heterocycles. The van der Waals surface area contributed by atoms with E-state index in [-0.39, 0.29) is 42.7 Å². The highest BCUT2D eigenvalue weighted by molar-refractivity contribution is 6.31. The predicted molar refractivity (Wildman–Crippen MR) is 105 cm³/mol. The highest BCUT2D eigenvalue weighted by Crippen LogP contribution is 2.31. The molecule has 0 aliphatic carbocycles. The van der Waals surface area contributed by atoms with E-state index < -0.39 is 0 Å². The summed E-state index contributed by atoms with van der Waals surface area (Å²) in [5, 5.41) is 0.659. The topological polar surface area (TPSA) is 72.4 Å². The fourth-order valence-electron chi connectivity index (χ4n) is 2.98. The van der Waals surface area contributed by atoms with Crippen molar-refractivity contribution in [3.8, 4) is 0 Å². The smallest absolute Gasteiger partial charge is 0.222 e. The number of likely N-dealkylation sites (tertiary alicyclic amines) is 1. The van der Waals surface area contributed by atoms with Crippen LogP contribution in [-0.4, -0.2) is 34.9 Å². The Balaban J connectivity index is 0.00000156. The van der Waals surface area contributed by atoms with Gasteiger partial charge < -0.3 is 15.1 Å². The summed E-state index contributed by atoms with van der Waals surface area (Å²) in [6.07, 6.45) is 3.03. The van der Waals surface area contributed by atoms with Crippen LogP contribution in [-0.2, 0) is 4.79 Å². The normalized spacial score (nSPS) is 16.2. The third-order valence-corrected chi connectivity index (χ3v) is 4.61. The number of nitrogens with two attached hydrogens (primary N) is 1. The van der Waals surface area contributed by atoms with Crippen molar-refractivity contribution in [2.45, 2.75) is 44.6 Å². The highest BCUT2D eigenvalue weighted by atomic mass is 35.5. The van der Waals surface area contributed by atoms with Gasteiger partial charge in [-0.3, -0.25) is 4.79 Å². The summed E-state index contributed by atoms with van der Waals surface area (Å²) in [6, 6.07) is 5.54. The third kappa shape index (κ3) is 5.48. The van der Waals surface area contributed by atoms with Crippen LogP contribution >= 0.6 is 36.4 Å². The zero-order valence-electron chi connectivity index (χ0n) is 14.1. The Bertz CT molecular complexity index is 698. The summed E-state index contributed by atoms with van der Waals surface area (Å²) in [7, 11) is 0. The average molecular weight is 409 g/mol. The summed E-state index contributed by atoms with van der Waals surface area (Å²) in [4.78, 5) is 18.6. The first-order chi connectivity index (χ1) is 11.0. The van der Waals surface area contributed by atoms with E-state index in [4.69, 9.17) is 21.8 Å². The lowest BCUT2D eigenvalue weighted by molar-refractivity contribution is -0.132. The van der Waals surface area contributed by atoms with E-state index >= 15 is 0 Å². The number of halogens is 3. The van der Waals surface area contributed by atoms with Gasteiger partial charge in [-0.05, 0) is 44.4 Å². The van der Waals surface area contributed by atoms with Crippen LogP contribution in [0.5, 0.6) is 0 Å². The van der Waals surface area contributed by atoms with Crippen LogP contribution in [0.1, 0.15) is 44.4 Å². The number of nitrogens with zero attached hydrogens (tertiary/aromatic N) is 2. The molecule has 1 saturated heterocycles. The lowest BCUT2D eigenvalue weighted by Crippen LogP contribution is -2.38. The molecule has 8 heteroatoms. The van der Waals surface area contributed by atoms with Crippen molar-refractivity contribution < 1.29 is 9.21 Å². The van der Waals surface area contributed by atoms with Crippen molar-refractivity contribution in [2.75, 3.05) is 13.1 Å². The van der Waals surface area contributed by atoms with Crippen LogP contribution in [0.2, 0.25) is 5.02 Å². The number of amides is 1. The van der Waals surface area contributed by atoms with E-state index in [9.17, 15) is 4.79 Å². The molecule has 1 fully saturated rings. The Hall–Kier alpha value is -1.01. The lowest BCUT2D eigenvalue weighted by Gasteiger charge is -2.30. The van der Waals surface area contributed by atoms with Gasteiger partial charge in [-0.25, -0.2) is 4.98 Å². The van der Waals surface area contributed by atoms with Gasteiger partial charge in [0.05, 0.1) is 0 Å². The number of fused-ring (bicyclic) bond motifs is 1. The van der Waals surface area contributed by atoms with Crippen molar-refractivity contribution in [1.82, 2.24) is 9.88 Å². The predicted octanol–water partition coefficient (Wildman–Crippen LogP) is 4.16. The molecule has 1 aliphatic rings. The van der Waals surface area contributed by atoms with E-state index in [0.717, 1.165) is 49.3 Å². The molecule has 1 unspecified atom stereocenters. The molecular weight excluding hydrogens is 385 g/mol. The Labute approximate surface area is 165 Å². The number of oxazole rings is 1. The fraction of sp³-hybridized carbons (Fsp3) is 0.529. The van der Waals surface area contributed by atoms with E-state index in [0.29, 0.717) is 11.4 Å². The van der Waals surface area contributed by atoms with Gasteiger partial charge >= 0.3 is 0 Å². The monoisotopic (exact) mass is 407 g/mol. The summed E-state index contributed by atoms with van der Waals surface area (Å²) in [5.74, 6) is 1.22. The van der Waals surface area contributed by atoms with Crippen LogP contribution in [0, 0.1) is 0 Å². The van der Waals surface area contributed by atoms with Gasteiger partial charge in [0, 0.05) is 36.5 Å². The standard InChI is InChI=1S/C17H22ClN3O2.2ClH/c1-11(19)2-5-16(22)21-8-6-12(7-9-21)17-20-14-10-13(18)3-4-15(14)23-17;;/h3-4,10-12H,2,5-9,19H2,1H3;2*1H. The number of hydrogen-bond donors (Lipinski definition) is 1. The number of hydrogen-bond acceptors (Lipinski definition) is 4. The molecule has 0 spiro atoms. The maximum atomic E-state index is 12.1. The number of carbonyl (C=O) groups is 1. The molecule has 1 aromatic carbocycles. The zero-order chi connectivity index (χ0) is 16.4. The first-order valence-corrected chi connectivity index (χ1v) is 8.50. The molecule has 0 bridgehead atoms. The van der Waals surface area contributed by atoms with Crippen LogP contribution < -0.4 is 5.73 Å². The van der Waals surface area contributed by atoms with Gasteiger partial charge in [-0.1, -0.05) is 11.6 Å². The van der Waals surface area contributed by atoms with Gasteiger partial charge in [0.25, 0.3) is 0 Å². The SMILES string of the molecule is CC(N)CCC(=O)N1CCC(c2nc3cc(Cl)ccc3o2)CC1.Cl.Cl. The van der Waals surface area contributed by atoms with Crippen molar-refractivity contribution in [3.63, 3.8) is 0 Å². The first-order valence-electron chi connectivity index (χ1n) is 8.12. The molecule has 2 heterocycles. The van der Waals surface area contributed by atoms with E-state index in [1.807, 2.05) is 24.0 Å². The zero-order valence-corrected chi connectivity index (χ0v) is 16.5. The molecule has 25 heavy (non-hydrogen) atoms. The maximum absolute atomic E-state index is 12.1. The van der Waals surface area contributed by atoms with Crippen molar-refractivity contribution in [3.05, 3.63) is 29.1 Å². The van der Waals surface area contributed by atoms with Crippen LogP contribution in [0.25, 0.3) is 11.1 Å². The van der Waals surface area contributed by atoms with Crippen LogP contribution in [0.4, 0.5) is 0 Å². The first kappa shape index (κ1) is 22.0. The molecule has 3 rings (SSSR count). The number of aromatic nitrogens is 1. The van der Waals surface area contributed by atoms with Gasteiger partial charge in [0.1, 0.15) is 5.52 Å². The second-order valence-corrected chi connectivity index (χ2v) is 6.77. The summed E-state index contributed by atoms with van der Waals surface area (Å²) < 4.78 is 5.85. The summed E-state index contributed by atoms with van der Waals surface area (Å²) in [5.41, 5.74) is 7.27. The molecule has 2 aromatic rings. The molecule has 1 atom stereocenters. The highest BCUT2D eigenvalue weighted by Gasteiger charge is 2.26. The molecular formula is C17H24Cl3N3O2. The average Bonchev–Trinajstić information content (AvgIpc) is 2.95. The van der Waals surface area contributed by atoms with E-state index in [1.165, 1.54) is 0 Å². The summed E-state index contributed by atoms with van der Waals surface area (Å²) >= 11 is 5.98. The molecule has 1 amide bonds. The molecule has 5 nitrogen and oxygen atoms in total. The second kappa shape index (κ2) is 9.62. The van der Waals surface area contributed by atoms with Crippen molar-refractivity contribution >= 4 is 53.4 Å². The molecule has 140 valence electrons. The quantitative estimate of drug-likeness (QED) is 0.824. The number of rotatable bonds is 4. The minimum Gasteiger partial charge on any atom is -0.440 e. The minimum absolute atomic E-state index is 0. The van der Waals surface area contributed by atoms with E-state index in [2.05, 4.69) is 4.98 Å². The third-order valence-electron chi connectivity index (χ3n) is 4.38. The molecule has 0 radical (unpaired) electrons. The Morgan fingerprint density at radius 1 is 1.40 bits per heavy atom. The number of piperidine rings is 1. The van der Waals surface area contributed by atoms with Crippen molar-refractivity contribution in [1.29, 1.82) is 0 Å². The molecule has 1 aromatic heterocycles. The molecule has 2 N–H and O–H groups in total. The van der Waals surface area contributed by atoms with E-state index in [1.54, 1.807) is 6.07 Å². The Morgan fingerprint density at radius 3 is 2.72 bits per heavy atom. The molecule has 0 saturated carbocycles. The Kier molecular flexibility index (Phi) is 8.48. The lowest BCUT2D eigenvalue weighted by atomic mass is 9.96. The number of benzene rings is 1. The minimum atomic E-state index is 0. The van der Waals surface area contributed by atoms with Gasteiger partial charge in [-0.15, -0.1) is 24.8 Å². The second-order valence-electron chi connectivity index (χ2n) is 6.34. The van der Waals surface area contributed by atoms with Gasteiger partial charge in [0.2, 0.25) is 5.91 Å². The maximum Gasteiger partial charge on any atom is 0.222 e. The largest absolute Gasteiger partial charge is 0.440 e. The summed E-state index contributed by atoms with van der Waals surface area (Å²) in [6.45, 7) is 3.43. The van der Waals surface area contributed by atoms with Crippen molar-refractivity contribution in [2.24, 2.45) is 5.73 Å². The fourth-order valence-corrected chi connectivity index (χ4v) is 3.14. The Morgan fingerprint density at radius 2 is 2.08 bits per heavy atom. The van der Waals surface area contributed by atoms with Crippen LogP contribution in [0.3, 0.4) is 0 Å².